The van der Waals surface area contributed by atoms with Gasteiger partial charge < -0.3 is 32.9 Å². The second-order valence-corrected chi connectivity index (χ2v) is 11.0. The normalized spacial score (nSPS) is 12.5. The molecule has 46 heavy (non-hydrogen) atoms. The van der Waals surface area contributed by atoms with E-state index in [2.05, 4.69) is 10.6 Å². The number of hydrogen-bond acceptors (Lipinski definition) is 5. The number of benzene rings is 3. The lowest BCUT2D eigenvalue weighted by Gasteiger charge is -2.20. The van der Waals surface area contributed by atoms with Crippen molar-refractivity contribution in [3.05, 3.63) is 138 Å². The van der Waals surface area contributed by atoms with Gasteiger partial charge in [0.15, 0.2) is 18.2 Å². The van der Waals surface area contributed by atoms with Gasteiger partial charge in [-0.1, -0.05) is 91.0 Å². The molecule has 0 fully saturated rings. The van der Waals surface area contributed by atoms with Gasteiger partial charge in [0.1, 0.15) is 0 Å². The minimum atomic E-state index is -1.06. The third-order valence-electron chi connectivity index (χ3n) is 7.35. The number of aliphatic carboxylic acids is 1. The standard InChI is InChI=1S/C36H37N3O6.ClH/c1-26(21-27-11-5-2-6-12-27)37-36(44)45-25-39-19-17-30(18-20-39)34(41)38-32(23-29-15-9-4-10-16-29)33(40)24-31(35(42)43)22-28-13-7-3-8-14-28;/h2-20,26,31-32H,21-25H2,1H3,(H2-,37,38,41,42,43,44);1H/t26-,31+,32-;/m0./s1. The van der Waals surface area contributed by atoms with Crippen LogP contribution in [0.4, 0.5) is 4.79 Å². The molecular formula is C36H38ClN3O6. The maximum absolute atomic E-state index is 13.5. The van der Waals surface area contributed by atoms with Gasteiger partial charge in [0.25, 0.3) is 12.6 Å². The molecule has 9 nitrogen and oxygen atoms in total. The van der Waals surface area contributed by atoms with E-state index in [1.165, 1.54) is 0 Å². The number of nitrogens with zero attached hydrogens (tertiary/aromatic N) is 1. The molecule has 1 heterocycles. The van der Waals surface area contributed by atoms with Gasteiger partial charge >= 0.3 is 12.1 Å². The maximum atomic E-state index is 13.5. The number of alkyl carbamates (subject to hydrolysis) is 1. The van der Waals surface area contributed by atoms with Crippen LogP contribution in [-0.4, -0.2) is 40.9 Å². The second kappa shape index (κ2) is 18.1. The summed E-state index contributed by atoms with van der Waals surface area (Å²) in [7, 11) is 0. The van der Waals surface area contributed by atoms with Gasteiger partial charge in [-0.15, -0.1) is 0 Å². The first-order valence-corrected chi connectivity index (χ1v) is 14.9. The Balaban J connectivity index is 0.00000576. The van der Waals surface area contributed by atoms with E-state index < -0.39 is 29.9 Å². The number of halogens is 1. The van der Waals surface area contributed by atoms with Crippen LogP contribution in [0.3, 0.4) is 0 Å². The Bertz CT molecular complexity index is 1550. The van der Waals surface area contributed by atoms with Crippen molar-refractivity contribution < 1.29 is 46.0 Å². The minimum absolute atomic E-state index is 0. The predicted molar refractivity (Wildman–Crippen MR) is 168 cm³/mol. The molecule has 240 valence electrons. The molecule has 0 radical (unpaired) electrons. The van der Waals surface area contributed by atoms with Crippen molar-refractivity contribution in [3.63, 3.8) is 0 Å². The number of ether oxygens (including phenoxy) is 1. The number of carbonyl (C=O) groups is 4. The fraction of sp³-hybridized carbons (Fsp3) is 0.250. The fourth-order valence-corrected chi connectivity index (χ4v) is 4.96. The molecule has 0 bridgehead atoms. The van der Waals surface area contributed by atoms with Crippen molar-refractivity contribution in [2.24, 2.45) is 5.92 Å². The topological polar surface area (TPSA) is 126 Å². The molecule has 0 spiro atoms. The van der Waals surface area contributed by atoms with E-state index in [0.29, 0.717) is 12.0 Å². The SMILES string of the molecule is C[C@@H](Cc1ccccc1)NC(=O)OC[n+]1ccc(C(=O)N[C@@H](Cc2ccccc2)C(=O)C[C@@H](Cc2ccccc2)C(=O)O)cc1.[Cl-]. The average molecular weight is 644 g/mol. The van der Waals surface area contributed by atoms with Crippen LogP contribution in [0.2, 0.25) is 0 Å². The van der Waals surface area contributed by atoms with E-state index in [1.807, 2.05) is 97.9 Å². The number of carboxylic acids is 1. The summed E-state index contributed by atoms with van der Waals surface area (Å²) in [6.45, 7) is 1.84. The van der Waals surface area contributed by atoms with Crippen LogP contribution < -0.4 is 27.6 Å². The molecule has 3 atom stereocenters. The van der Waals surface area contributed by atoms with Crippen molar-refractivity contribution in [1.29, 1.82) is 0 Å². The fourth-order valence-electron chi connectivity index (χ4n) is 4.96. The summed E-state index contributed by atoms with van der Waals surface area (Å²) in [4.78, 5) is 51.0. The third-order valence-corrected chi connectivity index (χ3v) is 7.35. The molecule has 4 rings (SSSR count). The summed E-state index contributed by atoms with van der Waals surface area (Å²) in [6, 6.07) is 30.3. The largest absolute Gasteiger partial charge is 1.00 e. The average Bonchev–Trinajstić information content (AvgIpc) is 3.04. The molecule has 2 amide bonds. The van der Waals surface area contributed by atoms with E-state index in [9.17, 15) is 24.3 Å². The number of rotatable bonds is 15. The molecule has 3 N–H and O–H groups in total. The maximum Gasteiger partial charge on any atom is 0.412 e. The molecule has 0 aliphatic carbocycles. The zero-order valence-electron chi connectivity index (χ0n) is 25.6. The van der Waals surface area contributed by atoms with Gasteiger partial charge in [0.2, 0.25) is 0 Å². The molecule has 0 aliphatic rings. The number of nitrogens with one attached hydrogen (secondary N) is 2. The highest BCUT2D eigenvalue weighted by atomic mass is 35.5. The van der Waals surface area contributed by atoms with Crippen molar-refractivity contribution >= 4 is 23.8 Å². The number of Topliss-reactive ketones (excluding diaryl/α,β-unsaturated/α-hetero) is 1. The van der Waals surface area contributed by atoms with Gasteiger partial charge in [-0.3, -0.25) is 14.4 Å². The first kappa shape index (κ1) is 35.5. The Morgan fingerprint density at radius 2 is 1.22 bits per heavy atom. The van der Waals surface area contributed by atoms with Crippen molar-refractivity contribution in [1.82, 2.24) is 10.6 Å². The summed E-state index contributed by atoms with van der Waals surface area (Å²) < 4.78 is 6.92. The summed E-state index contributed by atoms with van der Waals surface area (Å²) in [6.07, 6.45) is 3.53. The van der Waals surface area contributed by atoms with Gasteiger partial charge in [-0.25, -0.2) is 4.79 Å². The van der Waals surface area contributed by atoms with Gasteiger partial charge in [-0.2, -0.15) is 4.57 Å². The first-order valence-electron chi connectivity index (χ1n) is 14.9. The molecule has 10 heteroatoms. The highest BCUT2D eigenvalue weighted by Crippen LogP contribution is 2.16. The van der Waals surface area contributed by atoms with Crippen LogP contribution in [-0.2, 0) is 40.3 Å². The first-order chi connectivity index (χ1) is 21.8. The number of ketones is 1. The molecule has 4 aromatic rings. The quantitative estimate of drug-likeness (QED) is 0.169. The lowest BCUT2D eigenvalue weighted by Crippen LogP contribution is -3.00. The van der Waals surface area contributed by atoms with Crippen molar-refractivity contribution in [2.45, 2.75) is 51.4 Å². The number of carbonyl (C=O) groups excluding carboxylic acids is 3. The van der Waals surface area contributed by atoms with Crippen LogP contribution in [0, 0.1) is 5.92 Å². The van der Waals surface area contributed by atoms with E-state index in [4.69, 9.17) is 4.74 Å². The summed E-state index contributed by atoms with van der Waals surface area (Å²) in [5.74, 6) is -2.82. The van der Waals surface area contributed by atoms with E-state index in [1.54, 1.807) is 29.1 Å². The number of aromatic nitrogens is 1. The molecule has 0 unspecified atom stereocenters. The molecular weight excluding hydrogens is 606 g/mol. The lowest BCUT2D eigenvalue weighted by molar-refractivity contribution is -0.727. The Kier molecular flexibility index (Phi) is 13.9. The monoisotopic (exact) mass is 643 g/mol. The van der Waals surface area contributed by atoms with Crippen molar-refractivity contribution in [3.8, 4) is 0 Å². The summed E-state index contributed by atoms with van der Waals surface area (Å²) in [5, 5.41) is 15.5. The van der Waals surface area contributed by atoms with E-state index in [-0.39, 0.29) is 50.2 Å². The van der Waals surface area contributed by atoms with Crippen LogP contribution in [0.5, 0.6) is 0 Å². The number of hydrogen-bond donors (Lipinski definition) is 3. The number of carboxylic acid groups (broad SMARTS) is 1. The van der Waals surface area contributed by atoms with Gasteiger partial charge in [0, 0.05) is 24.6 Å². The second-order valence-electron chi connectivity index (χ2n) is 11.0. The zero-order chi connectivity index (χ0) is 32.0. The number of amides is 2. The Morgan fingerprint density at radius 3 is 1.74 bits per heavy atom. The predicted octanol–water partition coefficient (Wildman–Crippen LogP) is 1.54. The molecule has 3 aromatic carbocycles. The van der Waals surface area contributed by atoms with Crippen LogP contribution in [0.15, 0.2) is 116 Å². The smallest absolute Gasteiger partial charge is 0.412 e. The highest BCUT2D eigenvalue weighted by molar-refractivity contribution is 5.98. The lowest BCUT2D eigenvalue weighted by atomic mass is 9.90. The Labute approximate surface area is 275 Å². The van der Waals surface area contributed by atoms with Crippen LogP contribution in [0.25, 0.3) is 0 Å². The molecule has 0 saturated carbocycles. The third kappa shape index (κ3) is 11.5. The molecule has 1 aromatic heterocycles. The Hall–Kier alpha value is -5.02. The zero-order valence-corrected chi connectivity index (χ0v) is 26.3. The minimum Gasteiger partial charge on any atom is -1.00 e. The van der Waals surface area contributed by atoms with E-state index in [0.717, 1.165) is 16.7 Å². The van der Waals surface area contributed by atoms with Crippen molar-refractivity contribution in [2.75, 3.05) is 0 Å². The van der Waals surface area contributed by atoms with Gasteiger partial charge in [-0.05, 0) is 42.9 Å². The van der Waals surface area contributed by atoms with E-state index >= 15 is 0 Å². The summed E-state index contributed by atoms with van der Waals surface area (Å²) >= 11 is 0. The number of pyridine rings is 1. The molecule has 0 saturated heterocycles. The summed E-state index contributed by atoms with van der Waals surface area (Å²) in [5.41, 5.74) is 3.07. The highest BCUT2D eigenvalue weighted by Gasteiger charge is 2.28. The molecule has 0 aliphatic heterocycles. The van der Waals surface area contributed by atoms with Gasteiger partial charge in [0.05, 0.1) is 17.5 Å². The Morgan fingerprint density at radius 1 is 0.717 bits per heavy atom. The van der Waals surface area contributed by atoms with Crippen LogP contribution >= 0.6 is 0 Å². The van der Waals surface area contributed by atoms with Crippen LogP contribution in [0.1, 0.15) is 40.4 Å².